The third kappa shape index (κ3) is 4.13. The SMILES string of the molecule is Cc1ccc(-c2nc3nccc(-c4ccc(OCc5ccc(Cl)cc5)cc4)n3n2)cc1. The van der Waals surface area contributed by atoms with E-state index in [9.17, 15) is 0 Å². The lowest BCUT2D eigenvalue weighted by Crippen LogP contribution is -1.97. The largest absolute Gasteiger partial charge is 0.489 e. The molecule has 0 saturated carbocycles. The third-order valence-electron chi connectivity index (χ3n) is 5.02. The molecule has 152 valence electrons. The molecule has 0 aliphatic heterocycles. The Morgan fingerprint density at radius 3 is 2.29 bits per heavy atom. The third-order valence-corrected chi connectivity index (χ3v) is 5.27. The molecular weight excluding hydrogens is 408 g/mol. The van der Waals surface area contributed by atoms with Crippen LogP contribution in [0, 0.1) is 6.92 Å². The van der Waals surface area contributed by atoms with E-state index in [1.54, 1.807) is 10.7 Å². The second kappa shape index (κ2) is 8.20. The maximum atomic E-state index is 5.93. The maximum Gasteiger partial charge on any atom is 0.253 e. The van der Waals surface area contributed by atoms with Gasteiger partial charge in [-0.25, -0.2) is 4.98 Å². The second-order valence-electron chi connectivity index (χ2n) is 7.28. The lowest BCUT2D eigenvalue weighted by Gasteiger charge is -2.08. The van der Waals surface area contributed by atoms with Crippen molar-refractivity contribution in [3.8, 4) is 28.4 Å². The highest BCUT2D eigenvalue weighted by molar-refractivity contribution is 6.30. The Kier molecular flexibility index (Phi) is 5.10. The first kappa shape index (κ1) is 19.3. The molecule has 0 aliphatic carbocycles. The predicted molar refractivity (Wildman–Crippen MR) is 122 cm³/mol. The van der Waals surface area contributed by atoms with Crippen LogP contribution < -0.4 is 4.74 Å². The van der Waals surface area contributed by atoms with Crippen LogP contribution >= 0.6 is 11.6 Å². The highest BCUT2D eigenvalue weighted by Crippen LogP contribution is 2.25. The number of hydrogen-bond donors (Lipinski definition) is 0. The van der Waals surface area contributed by atoms with Crippen molar-refractivity contribution in [1.82, 2.24) is 19.6 Å². The minimum absolute atomic E-state index is 0.485. The van der Waals surface area contributed by atoms with Crippen molar-refractivity contribution in [3.63, 3.8) is 0 Å². The second-order valence-corrected chi connectivity index (χ2v) is 7.72. The monoisotopic (exact) mass is 426 g/mol. The molecular formula is C25H19ClN4O. The summed E-state index contributed by atoms with van der Waals surface area (Å²) in [6, 6.07) is 25.7. The van der Waals surface area contributed by atoms with Crippen molar-refractivity contribution in [3.05, 3.63) is 101 Å². The van der Waals surface area contributed by atoms with E-state index in [4.69, 9.17) is 21.4 Å². The molecule has 0 N–H and O–H groups in total. The van der Waals surface area contributed by atoms with Gasteiger partial charge in [0.05, 0.1) is 5.69 Å². The van der Waals surface area contributed by atoms with Crippen LogP contribution in [-0.2, 0) is 6.61 Å². The molecule has 5 aromatic rings. The molecule has 0 aliphatic rings. The Hall–Kier alpha value is -3.70. The van der Waals surface area contributed by atoms with Gasteiger partial charge < -0.3 is 4.74 Å². The molecule has 2 aromatic heterocycles. The van der Waals surface area contributed by atoms with E-state index in [0.717, 1.165) is 33.2 Å². The molecule has 0 atom stereocenters. The number of fused-ring (bicyclic) bond motifs is 1. The van der Waals surface area contributed by atoms with Crippen LogP contribution in [0.4, 0.5) is 0 Å². The number of nitrogens with zero attached hydrogens (tertiary/aromatic N) is 4. The summed E-state index contributed by atoms with van der Waals surface area (Å²) in [7, 11) is 0. The molecule has 6 heteroatoms. The zero-order chi connectivity index (χ0) is 21.2. The Morgan fingerprint density at radius 1 is 0.839 bits per heavy atom. The molecule has 0 saturated heterocycles. The van der Waals surface area contributed by atoms with Gasteiger partial charge in [-0.1, -0.05) is 53.6 Å². The van der Waals surface area contributed by atoms with Gasteiger partial charge in [-0.15, -0.1) is 5.10 Å². The highest BCUT2D eigenvalue weighted by atomic mass is 35.5. The minimum Gasteiger partial charge on any atom is -0.489 e. The van der Waals surface area contributed by atoms with Crippen LogP contribution in [0.3, 0.4) is 0 Å². The van der Waals surface area contributed by atoms with Crippen LogP contribution in [0.1, 0.15) is 11.1 Å². The average molecular weight is 427 g/mol. The van der Waals surface area contributed by atoms with Crippen LogP contribution in [0.15, 0.2) is 85.1 Å². The van der Waals surface area contributed by atoms with Gasteiger partial charge >= 0.3 is 0 Å². The number of halogens is 1. The molecule has 0 unspecified atom stereocenters. The minimum atomic E-state index is 0.485. The summed E-state index contributed by atoms with van der Waals surface area (Å²) in [4.78, 5) is 8.97. The van der Waals surface area contributed by atoms with Gasteiger partial charge in [0.25, 0.3) is 5.78 Å². The Labute approximate surface area is 184 Å². The van der Waals surface area contributed by atoms with E-state index in [-0.39, 0.29) is 0 Å². The van der Waals surface area contributed by atoms with E-state index in [1.807, 2.05) is 66.7 Å². The average Bonchev–Trinajstić information content (AvgIpc) is 3.24. The number of aryl methyl sites for hydroxylation is 1. The van der Waals surface area contributed by atoms with Crippen LogP contribution in [-0.4, -0.2) is 19.6 Å². The first-order valence-electron chi connectivity index (χ1n) is 9.92. The molecule has 2 heterocycles. The number of aromatic nitrogens is 4. The van der Waals surface area contributed by atoms with Crippen molar-refractivity contribution < 1.29 is 4.74 Å². The molecule has 0 spiro atoms. The van der Waals surface area contributed by atoms with Crippen molar-refractivity contribution in [2.45, 2.75) is 13.5 Å². The molecule has 0 amide bonds. The topological polar surface area (TPSA) is 52.3 Å². The Morgan fingerprint density at radius 2 is 1.55 bits per heavy atom. The predicted octanol–water partition coefficient (Wildman–Crippen LogP) is 6.00. The van der Waals surface area contributed by atoms with Crippen LogP contribution in [0.2, 0.25) is 5.02 Å². The maximum absolute atomic E-state index is 5.93. The summed E-state index contributed by atoms with van der Waals surface area (Å²) in [5.74, 6) is 2.02. The summed E-state index contributed by atoms with van der Waals surface area (Å²) in [5, 5.41) is 5.41. The number of benzene rings is 3. The fourth-order valence-electron chi connectivity index (χ4n) is 3.31. The van der Waals surface area contributed by atoms with E-state index < -0.39 is 0 Å². The molecule has 0 bridgehead atoms. The summed E-state index contributed by atoms with van der Waals surface area (Å²) < 4.78 is 7.67. The summed E-state index contributed by atoms with van der Waals surface area (Å²) in [5.41, 5.74) is 5.15. The lowest BCUT2D eigenvalue weighted by molar-refractivity contribution is 0.306. The van der Waals surface area contributed by atoms with Crippen molar-refractivity contribution in [1.29, 1.82) is 0 Å². The van der Waals surface area contributed by atoms with E-state index in [1.165, 1.54) is 5.56 Å². The standard InChI is InChI=1S/C25H19ClN4O/c1-17-2-6-20(7-3-17)24-28-25-27-15-14-23(30(25)29-24)19-8-12-22(13-9-19)31-16-18-4-10-21(26)11-5-18/h2-15H,16H2,1H3. The number of hydrogen-bond acceptors (Lipinski definition) is 4. The summed E-state index contributed by atoms with van der Waals surface area (Å²) in [6.07, 6.45) is 1.75. The Balaban J connectivity index is 1.39. The quantitative estimate of drug-likeness (QED) is 0.346. The fourth-order valence-corrected chi connectivity index (χ4v) is 3.43. The smallest absolute Gasteiger partial charge is 0.253 e. The van der Waals surface area contributed by atoms with Gasteiger partial charge in [-0.05, 0) is 55.0 Å². The lowest BCUT2D eigenvalue weighted by atomic mass is 10.1. The van der Waals surface area contributed by atoms with Gasteiger partial charge in [0.1, 0.15) is 12.4 Å². The first-order chi connectivity index (χ1) is 15.2. The Bertz CT molecular complexity index is 1330. The van der Waals surface area contributed by atoms with E-state index in [0.29, 0.717) is 18.2 Å². The molecule has 5 rings (SSSR count). The molecule has 0 radical (unpaired) electrons. The van der Waals surface area contributed by atoms with E-state index in [2.05, 4.69) is 29.0 Å². The highest BCUT2D eigenvalue weighted by Gasteiger charge is 2.11. The van der Waals surface area contributed by atoms with Crippen molar-refractivity contribution >= 4 is 17.4 Å². The van der Waals surface area contributed by atoms with Gasteiger partial charge in [0.15, 0.2) is 5.82 Å². The molecule has 5 nitrogen and oxygen atoms in total. The normalized spacial score (nSPS) is 11.0. The van der Waals surface area contributed by atoms with Crippen LogP contribution in [0.25, 0.3) is 28.4 Å². The molecule has 3 aromatic carbocycles. The number of rotatable bonds is 5. The van der Waals surface area contributed by atoms with Crippen LogP contribution in [0.5, 0.6) is 5.75 Å². The molecule has 31 heavy (non-hydrogen) atoms. The van der Waals surface area contributed by atoms with Gasteiger partial charge in [0, 0.05) is 22.3 Å². The summed E-state index contributed by atoms with van der Waals surface area (Å²) >= 11 is 5.93. The van der Waals surface area contributed by atoms with Gasteiger partial charge in [0.2, 0.25) is 0 Å². The van der Waals surface area contributed by atoms with Crippen molar-refractivity contribution in [2.24, 2.45) is 0 Å². The van der Waals surface area contributed by atoms with E-state index >= 15 is 0 Å². The number of ether oxygens (including phenoxy) is 1. The fraction of sp³-hybridized carbons (Fsp3) is 0.0800. The zero-order valence-electron chi connectivity index (χ0n) is 16.9. The van der Waals surface area contributed by atoms with Crippen molar-refractivity contribution in [2.75, 3.05) is 0 Å². The summed E-state index contributed by atoms with van der Waals surface area (Å²) in [6.45, 7) is 2.54. The first-order valence-corrected chi connectivity index (χ1v) is 10.3. The zero-order valence-corrected chi connectivity index (χ0v) is 17.6. The van der Waals surface area contributed by atoms with Gasteiger partial charge in [-0.2, -0.15) is 9.50 Å². The molecule has 0 fully saturated rings. The van der Waals surface area contributed by atoms with Gasteiger partial charge in [-0.3, -0.25) is 0 Å².